The van der Waals surface area contributed by atoms with Crippen LogP contribution in [0.4, 0.5) is 39.5 Å². The monoisotopic (exact) mass is 900 g/mol. The third kappa shape index (κ3) is 8.47. The molecule has 4 heterocycles. The standard InChI is InChI=1S/C23H19F6N3O.C22H19ClF3N3O/c24-22(25,26)15-7-3-2-6-14(15)13-10-16(23(27,28)29)19-17(11-13)30-20(31-19)18-12-21(33-32-18)8-4-1-5-9-21;23-16-10-13(14-6-2-3-7-15(14)22(24,25)26)11-17-19(16)28-20(27-17)18-12-21(30-29-18)8-4-1-5-9-21/h2-3,6-7,10-11H,1,4-5,8-9,12H2,(H,30,31);2-3,6-7,10-11H,1,4-5,8-9,12H2,(H,27,28). The lowest BCUT2D eigenvalue weighted by molar-refractivity contribution is -0.138. The van der Waals surface area contributed by atoms with Crippen LogP contribution < -0.4 is 0 Å². The molecule has 0 unspecified atom stereocenters. The minimum absolute atomic E-state index is 0.0147. The van der Waals surface area contributed by atoms with Gasteiger partial charge in [-0.2, -0.15) is 39.5 Å². The molecule has 2 fully saturated rings. The molecule has 330 valence electrons. The van der Waals surface area contributed by atoms with Crippen molar-refractivity contribution in [3.63, 3.8) is 0 Å². The number of hydrogen-bond donors (Lipinski definition) is 2. The molecule has 4 aliphatic rings. The number of fused-ring (bicyclic) bond motifs is 2. The van der Waals surface area contributed by atoms with Gasteiger partial charge in [0.05, 0.1) is 32.7 Å². The Hall–Kier alpha value is -5.58. The van der Waals surface area contributed by atoms with Crippen molar-refractivity contribution in [2.45, 2.75) is 107 Å². The quantitative estimate of drug-likeness (QED) is 0.172. The fourth-order valence-corrected chi connectivity index (χ4v) is 9.44. The van der Waals surface area contributed by atoms with E-state index in [-0.39, 0.29) is 44.2 Å². The Kier molecular flexibility index (Phi) is 10.8. The Morgan fingerprint density at radius 1 is 0.508 bits per heavy atom. The number of nitrogens with one attached hydrogen (secondary N) is 2. The molecule has 2 N–H and O–H groups in total. The molecular weight excluding hydrogens is 863 g/mol. The minimum atomic E-state index is -4.81. The largest absolute Gasteiger partial charge is 0.418 e. The van der Waals surface area contributed by atoms with Gasteiger partial charge in [-0.05, 0) is 110 Å². The fourth-order valence-electron chi connectivity index (χ4n) is 9.18. The number of hydrogen-bond acceptors (Lipinski definition) is 6. The van der Waals surface area contributed by atoms with Crippen LogP contribution in [0.15, 0.2) is 83.1 Å². The summed E-state index contributed by atoms with van der Waals surface area (Å²) in [5.41, 5.74) is -1.76. The van der Waals surface area contributed by atoms with Crippen molar-refractivity contribution in [2.24, 2.45) is 10.3 Å². The van der Waals surface area contributed by atoms with E-state index in [0.717, 1.165) is 81.7 Å². The summed E-state index contributed by atoms with van der Waals surface area (Å²) in [5, 5.41) is 8.64. The highest BCUT2D eigenvalue weighted by Gasteiger charge is 2.43. The molecule has 6 aromatic rings. The molecule has 0 radical (unpaired) electrons. The van der Waals surface area contributed by atoms with Gasteiger partial charge in [-0.15, -0.1) is 0 Å². The maximum absolute atomic E-state index is 13.9. The van der Waals surface area contributed by atoms with Gasteiger partial charge in [-0.1, -0.05) is 71.2 Å². The van der Waals surface area contributed by atoms with Crippen molar-refractivity contribution in [2.75, 3.05) is 0 Å². The van der Waals surface area contributed by atoms with Crippen LogP contribution in [0.2, 0.25) is 5.02 Å². The van der Waals surface area contributed by atoms with Gasteiger partial charge in [0.2, 0.25) is 0 Å². The molecule has 2 aliphatic heterocycles. The normalized spacial score (nSPS) is 18.6. The van der Waals surface area contributed by atoms with Crippen molar-refractivity contribution in [1.29, 1.82) is 0 Å². The van der Waals surface area contributed by atoms with Crippen molar-refractivity contribution in [3.05, 3.63) is 106 Å². The van der Waals surface area contributed by atoms with Crippen molar-refractivity contribution >= 4 is 45.1 Å². The summed E-state index contributed by atoms with van der Waals surface area (Å²) >= 11 is 6.41. The first-order valence-corrected chi connectivity index (χ1v) is 20.9. The second-order valence-electron chi connectivity index (χ2n) is 16.6. The molecule has 0 amide bonds. The summed E-state index contributed by atoms with van der Waals surface area (Å²) in [6, 6.07) is 15.2. The number of rotatable bonds is 4. The smallest absolute Gasteiger partial charge is 0.388 e. The molecule has 2 aromatic heterocycles. The molecule has 8 nitrogen and oxygen atoms in total. The van der Waals surface area contributed by atoms with Crippen LogP contribution in [-0.4, -0.2) is 42.6 Å². The van der Waals surface area contributed by atoms with E-state index in [2.05, 4.69) is 30.2 Å². The lowest BCUT2D eigenvalue weighted by Crippen LogP contribution is -2.31. The Balaban J connectivity index is 0.000000161. The first kappa shape index (κ1) is 42.7. The second kappa shape index (κ2) is 15.9. The summed E-state index contributed by atoms with van der Waals surface area (Å²) in [6.45, 7) is 0. The Morgan fingerprint density at radius 3 is 1.38 bits per heavy atom. The van der Waals surface area contributed by atoms with Crippen LogP contribution in [0.1, 0.15) is 105 Å². The average Bonchev–Trinajstić information content (AvgIpc) is 4.06. The van der Waals surface area contributed by atoms with Gasteiger partial charge < -0.3 is 19.6 Å². The van der Waals surface area contributed by atoms with E-state index >= 15 is 0 Å². The predicted molar refractivity (Wildman–Crippen MR) is 219 cm³/mol. The molecule has 4 aromatic carbocycles. The predicted octanol–water partition coefficient (Wildman–Crippen LogP) is 13.8. The zero-order valence-electron chi connectivity index (χ0n) is 33.3. The number of oxime groups is 2. The Morgan fingerprint density at radius 2 is 0.921 bits per heavy atom. The van der Waals surface area contributed by atoms with E-state index in [1.807, 2.05) is 0 Å². The highest BCUT2D eigenvalue weighted by Crippen LogP contribution is 2.45. The minimum Gasteiger partial charge on any atom is -0.388 e. The first-order chi connectivity index (χ1) is 29.9. The summed E-state index contributed by atoms with van der Waals surface area (Å²) in [6.07, 6.45) is -2.78. The molecule has 0 atom stereocenters. The van der Waals surface area contributed by atoms with Gasteiger partial charge >= 0.3 is 18.5 Å². The van der Waals surface area contributed by atoms with Crippen LogP contribution in [-0.2, 0) is 28.2 Å². The number of alkyl halides is 9. The molecule has 2 aliphatic carbocycles. The summed E-state index contributed by atoms with van der Waals surface area (Å²) in [4.78, 5) is 26.2. The van der Waals surface area contributed by atoms with Crippen molar-refractivity contribution in [3.8, 4) is 22.3 Å². The number of nitrogens with zero attached hydrogens (tertiary/aromatic N) is 4. The molecule has 0 bridgehead atoms. The number of aromatic nitrogens is 4. The van der Waals surface area contributed by atoms with Crippen LogP contribution in [0.25, 0.3) is 44.3 Å². The lowest BCUT2D eigenvalue weighted by Gasteiger charge is -2.30. The van der Waals surface area contributed by atoms with E-state index < -0.39 is 40.8 Å². The highest BCUT2D eigenvalue weighted by atomic mass is 35.5. The number of benzene rings is 4. The topological polar surface area (TPSA) is 101 Å². The molecular formula is C45H38ClF9N6O2. The third-order valence-corrected chi connectivity index (χ3v) is 12.6. The van der Waals surface area contributed by atoms with Crippen LogP contribution in [0.5, 0.6) is 0 Å². The first-order valence-electron chi connectivity index (χ1n) is 20.5. The summed E-state index contributed by atoms with van der Waals surface area (Å²) in [5.74, 6) is 0.690. The van der Waals surface area contributed by atoms with Crippen LogP contribution >= 0.6 is 11.6 Å². The molecule has 18 heteroatoms. The van der Waals surface area contributed by atoms with Crippen LogP contribution in [0, 0.1) is 0 Å². The Labute approximate surface area is 358 Å². The fraction of sp³-hybridized carbons (Fsp3) is 0.378. The second-order valence-corrected chi connectivity index (χ2v) is 17.0. The van der Waals surface area contributed by atoms with Gasteiger partial charge in [-0.3, -0.25) is 0 Å². The molecule has 2 spiro atoms. The van der Waals surface area contributed by atoms with Crippen molar-refractivity contribution < 1.29 is 49.2 Å². The zero-order valence-corrected chi connectivity index (χ0v) is 34.1. The number of imidazole rings is 2. The SMILES string of the molecule is FC(F)(F)c1ccccc1-c1cc(C(F)(F)F)c2nc(C3=NOC4(CCCCC4)C3)[nH]c2c1.FC(F)(F)c1ccccc1-c1cc(Cl)c2nc(C3=NOC4(CCCCC4)C3)[nH]c2c1. The maximum Gasteiger partial charge on any atom is 0.418 e. The zero-order chi connectivity index (χ0) is 44.4. The van der Waals surface area contributed by atoms with Crippen molar-refractivity contribution in [1.82, 2.24) is 19.9 Å². The van der Waals surface area contributed by atoms with E-state index in [0.29, 0.717) is 47.0 Å². The molecule has 2 saturated carbocycles. The lowest BCUT2D eigenvalue weighted by atomic mass is 9.81. The van der Waals surface area contributed by atoms with E-state index in [4.69, 9.17) is 21.3 Å². The number of H-pyrrole nitrogens is 2. The van der Waals surface area contributed by atoms with E-state index in [1.54, 1.807) is 12.1 Å². The number of aromatic amines is 2. The highest BCUT2D eigenvalue weighted by molar-refractivity contribution is 6.35. The molecule has 63 heavy (non-hydrogen) atoms. The van der Waals surface area contributed by atoms with Gasteiger partial charge in [-0.25, -0.2) is 9.97 Å². The summed E-state index contributed by atoms with van der Waals surface area (Å²) in [7, 11) is 0. The Bertz CT molecular complexity index is 2760. The number of halogens is 10. The van der Waals surface area contributed by atoms with E-state index in [1.165, 1.54) is 42.8 Å². The van der Waals surface area contributed by atoms with E-state index in [9.17, 15) is 39.5 Å². The summed E-state index contributed by atoms with van der Waals surface area (Å²) < 4.78 is 122. The maximum atomic E-state index is 13.9. The van der Waals surface area contributed by atoms with Gasteiger partial charge in [0, 0.05) is 12.8 Å². The van der Waals surface area contributed by atoms with Gasteiger partial charge in [0.15, 0.2) is 11.6 Å². The average molecular weight is 901 g/mol. The van der Waals surface area contributed by atoms with Crippen LogP contribution in [0.3, 0.4) is 0 Å². The molecule has 10 rings (SSSR count). The van der Waals surface area contributed by atoms with Gasteiger partial charge in [0.25, 0.3) is 0 Å². The van der Waals surface area contributed by atoms with Gasteiger partial charge in [0.1, 0.15) is 33.7 Å². The molecule has 0 saturated heterocycles. The third-order valence-electron chi connectivity index (χ3n) is 12.3.